The van der Waals surface area contributed by atoms with Crippen LogP contribution in [0.25, 0.3) is 0 Å². The van der Waals surface area contributed by atoms with Gasteiger partial charge in [0.05, 0.1) is 13.2 Å². The van der Waals surface area contributed by atoms with Crippen LogP contribution in [0.1, 0.15) is 0 Å². The zero-order valence-electron chi connectivity index (χ0n) is 10.3. The van der Waals surface area contributed by atoms with Crippen molar-refractivity contribution in [1.82, 2.24) is 9.97 Å². The van der Waals surface area contributed by atoms with Crippen molar-refractivity contribution >= 4 is 17.6 Å². The number of guanidine groups is 1. The molecular weight excluding hydrogens is 242 g/mol. The standard InChI is InChI=1S/C13H15N5O/c19-10-9-16-13(17-11-5-1-3-7-14-11)18-12-6-2-4-8-15-12/h1-8,19H,9-10H2,(H2,14,15,16,17,18). The van der Waals surface area contributed by atoms with Gasteiger partial charge in [0.2, 0.25) is 5.96 Å². The number of aromatic nitrogens is 2. The minimum absolute atomic E-state index is 0.0166. The maximum absolute atomic E-state index is 8.85. The topological polar surface area (TPSA) is 82.4 Å². The molecule has 0 saturated heterocycles. The number of rotatable bonds is 4. The van der Waals surface area contributed by atoms with E-state index in [2.05, 4.69) is 25.6 Å². The van der Waals surface area contributed by atoms with Crippen LogP contribution in [0.5, 0.6) is 0 Å². The quantitative estimate of drug-likeness (QED) is 0.569. The van der Waals surface area contributed by atoms with E-state index in [-0.39, 0.29) is 6.61 Å². The highest BCUT2D eigenvalue weighted by Gasteiger charge is 2.01. The fourth-order valence-electron chi connectivity index (χ4n) is 1.39. The van der Waals surface area contributed by atoms with Gasteiger partial charge < -0.3 is 15.7 Å². The Hall–Kier alpha value is -2.47. The van der Waals surface area contributed by atoms with Gasteiger partial charge in [0.25, 0.3) is 0 Å². The fraction of sp³-hybridized carbons (Fsp3) is 0.154. The second-order valence-corrected chi connectivity index (χ2v) is 3.63. The summed E-state index contributed by atoms with van der Waals surface area (Å²) in [5.74, 6) is 1.83. The molecule has 0 aliphatic heterocycles. The highest BCUT2D eigenvalue weighted by atomic mass is 16.3. The Bertz CT molecular complexity index is 472. The summed E-state index contributed by atoms with van der Waals surface area (Å²) in [6.07, 6.45) is 3.37. The van der Waals surface area contributed by atoms with E-state index in [1.807, 2.05) is 36.4 Å². The van der Waals surface area contributed by atoms with Crippen LogP contribution in [0.2, 0.25) is 0 Å². The zero-order valence-corrected chi connectivity index (χ0v) is 10.3. The van der Waals surface area contributed by atoms with Crippen molar-refractivity contribution < 1.29 is 5.11 Å². The first-order valence-corrected chi connectivity index (χ1v) is 5.90. The lowest BCUT2D eigenvalue weighted by Crippen LogP contribution is -2.24. The summed E-state index contributed by atoms with van der Waals surface area (Å²) in [7, 11) is 0. The van der Waals surface area contributed by atoms with E-state index in [1.54, 1.807) is 12.4 Å². The van der Waals surface area contributed by atoms with Crippen LogP contribution >= 0.6 is 0 Å². The molecule has 0 saturated carbocycles. The Labute approximate surface area is 111 Å². The summed E-state index contributed by atoms with van der Waals surface area (Å²) < 4.78 is 0. The molecule has 19 heavy (non-hydrogen) atoms. The highest BCUT2D eigenvalue weighted by molar-refractivity contribution is 6.02. The van der Waals surface area contributed by atoms with Crippen molar-refractivity contribution in [2.75, 3.05) is 23.8 Å². The third kappa shape index (κ3) is 4.36. The first-order chi connectivity index (χ1) is 9.38. The Morgan fingerprint density at radius 2 is 1.58 bits per heavy atom. The second-order valence-electron chi connectivity index (χ2n) is 3.63. The lowest BCUT2D eigenvalue weighted by atomic mass is 10.4. The van der Waals surface area contributed by atoms with Crippen LogP contribution in [-0.4, -0.2) is 34.2 Å². The molecule has 6 nitrogen and oxygen atoms in total. The molecular formula is C13H15N5O. The maximum Gasteiger partial charge on any atom is 0.202 e. The van der Waals surface area contributed by atoms with E-state index in [0.717, 1.165) is 0 Å². The molecule has 98 valence electrons. The average Bonchev–Trinajstić information content (AvgIpc) is 2.47. The van der Waals surface area contributed by atoms with Gasteiger partial charge in [-0.05, 0) is 24.3 Å². The Morgan fingerprint density at radius 3 is 2.00 bits per heavy atom. The van der Waals surface area contributed by atoms with Crippen molar-refractivity contribution in [2.45, 2.75) is 0 Å². The van der Waals surface area contributed by atoms with E-state index in [4.69, 9.17) is 5.11 Å². The van der Waals surface area contributed by atoms with E-state index < -0.39 is 0 Å². The van der Waals surface area contributed by atoms with Crippen LogP contribution in [0, 0.1) is 0 Å². The normalized spacial score (nSPS) is 9.74. The van der Waals surface area contributed by atoms with E-state index in [9.17, 15) is 0 Å². The minimum Gasteiger partial charge on any atom is -0.394 e. The first kappa shape index (κ1) is 13.0. The van der Waals surface area contributed by atoms with Crippen LogP contribution in [0.4, 0.5) is 11.6 Å². The molecule has 0 unspecified atom stereocenters. The molecule has 0 aromatic carbocycles. The van der Waals surface area contributed by atoms with E-state index in [0.29, 0.717) is 24.1 Å². The number of nitrogens with one attached hydrogen (secondary N) is 2. The molecule has 0 aliphatic rings. The van der Waals surface area contributed by atoms with Crippen molar-refractivity contribution in [3.8, 4) is 0 Å². The van der Waals surface area contributed by atoms with Gasteiger partial charge in [0, 0.05) is 12.4 Å². The molecule has 0 bridgehead atoms. The molecule has 6 heteroatoms. The number of aliphatic hydroxyl groups is 1. The Kier molecular flexibility index (Phi) is 4.83. The zero-order chi connectivity index (χ0) is 13.3. The lowest BCUT2D eigenvalue weighted by Gasteiger charge is -2.10. The third-order valence-corrected chi connectivity index (χ3v) is 2.19. The minimum atomic E-state index is -0.0166. The van der Waals surface area contributed by atoms with Crippen molar-refractivity contribution in [3.63, 3.8) is 0 Å². The van der Waals surface area contributed by atoms with Crippen LogP contribution < -0.4 is 10.6 Å². The number of hydrogen-bond donors (Lipinski definition) is 3. The van der Waals surface area contributed by atoms with Crippen molar-refractivity contribution in [3.05, 3.63) is 48.8 Å². The molecule has 0 fully saturated rings. The monoisotopic (exact) mass is 257 g/mol. The highest BCUT2D eigenvalue weighted by Crippen LogP contribution is 2.04. The summed E-state index contributed by atoms with van der Waals surface area (Å²) in [6, 6.07) is 11.1. The van der Waals surface area contributed by atoms with Crippen LogP contribution in [0.15, 0.2) is 53.8 Å². The van der Waals surface area contributed by atoms with Gasteiger partial charge in [-0.3, -0.25) is 4.99 Å². The van der Waals surface area contributed by atoms with Gasteiger partial charge in [0.15, 0.2) is 0 Å². The summed E-state index contributed by atoms with van der Waals surface area (Å²) in [5, 5.41) is 14.9. The van der Waals surface area contributed by atoms with Crippen molar-refractivity contribution in [2.24, 2.45) is 4.99 Å². The van der Waals surface area contributed by atoms with Gasteiger partial charge in [-0.1, -0.05) is 12.1 Å². The summed E-state index contributed by atoms with van der Waals surface area (Å²) >= 11 is 0. The molecule has 0 aliphatic carbocycles. The largest absolute Gasteiger partial charge is 0.394 e. The molecule has 3 N–H and O–H groups in total. The molecule has 2 rings (SSSR count). The smallest absolute Gasteiger partial charge is 0.202 e. The molecule has 0 atom stereocenters. The predicted octanol–water partition coefficient (Wildman–Crippen LogP) is 1.35. The molecule has 2 aromatic heterocycles. The molecule has 0 radical (unpaired) electrons. The third-order valence-electron chi connectivity index (χ3n) is 2.19. The van der Waals surface area contributed by atoms with Gasteiger partial charge in [-0.25, -0.2) is 9.97 Å². The summed E-state index contributed by atoms with van der Waals surface area (Å²) in [4.78, 5) is 12.5. The molecule has 2 heterocycles. The average molecular weight is 257 g/mol. The van der Waals surface area contributed by atoms with E-state index >= 15 is 0 Å². The van der Waals surface area contributed by atoms with Crippen LogP contribution in [0.3, 0.4) is 0 Å². The lowest BCUT2D eigenvalue weighted by molar-refractivity contribution is 0.307. The first-order valence-electron chi connectivity index (χ1n) is 5.90. The molecule has 0 amide bonds. The van der Waals surface area contributed by atoms with Gasteiger partial charge in [0.1, 0.15) is 11.6 Å². The number of anilines is 2. The number of aliphatic hydroxyl groups excluding tert-OH is 1. The van der Waals surface area contributed by atoms with Gasteiger partial charge >= 0.3 is 0 Å². The number of nitrogens with zero attached hydrogens (tertiary/aromatic N) is 3. The predicted molar refractivity (Wildman–Crippen MR) is 75.1 cm³/mol. The maximum atomic E-state index is 8.85. The SMILES string of the molecule is OCCN=C(Nc1ccccn1)Nc1ccccn1. The number of aliphatic imine (C=N–C) groups is 1. The number of hydrogen-bond acceptors (Lipinski definition) is 4. The Morgan fingerprint density at radius 1 is 1.00 bits per heavy atom. The summed E-state index contributed by atoms with van der Waals surface area (Å²) in [6.45, 7) is 0.284. The van der Waals surface area contributed by atoms with Crippen molar-refractivity contribution in [1.29, 1.82) is 0 Å². The molecule has 2 aromatic rings. The Balaban J connectivity index is 2.08. The van der Waals surface area contributed by atoms with Gasteiger partial charge in [-0.2, -0.15) is 0 Å². The van der Waals surface area contributed by atoms with Gasteiger partial charge in [-0.15, -0.1) is 0 Å². The number of pyridine rings is 2. The molecule has 0 spiro atoms. The fourth-order valence-corrected chi connectivity index (χ4v) is 1.39. The van der Waals surface area contributed by atoms with E-state index in [1.165, 1.54) is 0 Å². The van der Waals surface area contributed by atoms with Crippen LogP contribution in [-0.2, 0) is 0 Å². The second kappa shape index (κ2) is 7.07. The summed E-state index contributed by atoms with van der Waals surface area (Å²) in [5.41, 5.74) is 0.